The van der Waals surface area contributed by atoms with Crippen LogP contribution in [0.1, 0.15) is 30.1 Å². The molecule has 126 valence electrons. The number of benzene rings is 1. The molecule has 1 atom stereocenters. The molecule has 5 nitrogen and oxygen atoms in total. The van der Waals surface area contributed by atoms with Crippen LogP contribution in [0.2, 0.25) is 0 Å². The Bertz CT molecular complexity index is 530. The Morgan fingerprint density at radius 1 is 1.35 bits per heavy atom. The number of carbonyl (C=O) groups excluding carboxylic acids is 1. The first-order valence-electron chi connectivity index (χ1n) is 8.49. The van der Waals surface area contributed by atoms with Gasteiger partial charge < -0.3 is 19.1 Å². The first-order chi connectivity index (χ1) is 11.3. The molecule has 1 amide bonds. The first kappa shape index (κ1) is 16.3. The highest BCUT2D eigenvalue weighted by molar-refractivity contribution is 5.94. The third kappa shape index (κ3) is 4.45. The van der Waals surface area contributed by atoms with Gasteiger partial charge in [-0.2, -0.15) is 0 Å². The standard InChI is InChI=1S/C18H25NO4/c1-2-21-10-11-22-16-5-3-4-15(12-16)18(20)19-8-9-23-17(13-19)14-6-7-14/h3-5,12,14,17H,2,6-11,13H2,1H3/t17-/m0/s1. The molecule has 5 heteroatoms. The van der Waals surface area contributed by atoms with Crippen LogP contribution in [0.4, 0.5) is 0 Å². The fourth-order valence-electron chi connectivity index (χ4n) is 2.88. The van der Waals surface area contributed by atoms with Crippen molar-refractivity contribution in [1.29, 1.82) is 0 Å². The van der Waals surface area contributed by atoms with Crippen LogP contribution >= 0.6 is 0 Å². The van der Waals surface area contributed by atoms with Crippen molar-refractivity contribution in [2.45, 2.75) is 25.9 Å². The summed E-state index contributed by atoms with van der Waals surface area (Å²) >= 11 is 0. The molecule has 1 heterocycles. The van der Waals surface area contributed by atoms with E-state index < -0.39 is 0 Å². The molecule has 1 saturated heterocycles. The van der Waals surface area contributed by atoms with Crippen LogP contribution < -0.4 is 4.74 Å². The normalized spacial score (nSPS) is 21.3. The average Bonchev–Trinajstić information content (AvgIpc) is 3.44. The number of carbonyl (C=O) groups is 1. The van der Waals surface area contributed by atoms with Gasteiger partial charge in [-0.1, -0.05) is 6.07 Å². The first-order valence-corrected chi connectivity index (χ1v) is 8.49. The van der Waals surface area contributed by atoms with Gasteiger partial charge in [0.05, 0.1) is 19.3 Å². The van der Waals surface area contributed by atoms with E-state index in [0.717, 1.165) is 0 Å². The molecule has 0 unspecified atom stereocenters. The zero-order valence-electron chi connectivity index (χ0n) is 13.7. The molecule has 0 radical (unpaired) electrons. The predicted octanol–water partition coefficient (Wildman–Crippen LogP) is 2.35. The van der Waals surface area contributed by atoms with Gasteiger partial charge in [0.2, 0.25) is 0 Å². The molecule has 2 aliphatic rings. The lowest BCUT2D eigenvalue weighted by Gasteiger charge is -2.33. The highest BCUT2D eigenvalue weighted by Gasteiger charge is 2.36. The van der Waals surface area contributed by atoms with Crippen molar-refractivity contribution < 1.29 is 19.0 Å². The number of nitrogens with zero attached hydrogens (tertiary/aromatic N) is 1. The summed E-state index contributed by atoms with van der Waals surface area (Å²) in [5, 5.41) is 0. The van der Waals surface area contributed by atoms with E-state index in [1.807, 2.05) is 36.1 Å². The second kappa shape index (κ2) is 7.79. The summed E-state index contributed by atoms with van der Waals surface area (Å²) in [5.74, 6) is 1.43. The van der Waals surface area contributed by atoms with Gasteiger partial charge >= 0.3 is 0 Å². The Morgan fingerprint density at radius 2 is 2.22 bits per heavy atom. The van der Waals surface area contributed by atoms with Gasteiger partial charge in [0.1, 0.15) is 12.4 Å². The van der Waals surface area contributed by atoms with E-state index in [4.69, 9.17) is 14.2 Å². The zero-order valence-corrected chi connectivity index (χ0v) is 13.7. The number of hydrogen-bond donors (Lipinski definition) is 0. The van der Waals surface area contributed by atoms with Crippen molar-refractivity contribution in [1.82, 2.24) is 4.90 Å². The second-order valence-electron chi connectivity index (χ2n) is 6.07. The fourth-order valence-corrected chi connectivity index (χ4v) is 2.88. The molecular weight excluding hydrogens is 294 g/mol. The van der Waals surface area contributed by atoms with Gasteiger partial charge in [-0.15, -0.1) is 0 Å². The van der Waals surface area contributed by atoms with Crippen molar-refractivity contribution in [3.8, 4) is 5.75 Å². The molecule has 1 aromatic rings. The van der Waals surface area contributed by atoms with Gasteiger partial charge in [-0.25, -0.2) is 0 Å². The highest BCUT2D eigenvalue weighted by Crippen LogP contribution is 2.35. The summed E-state index contributed by atoms with van der Waals surface area (Å²) in [6.45, 7) is 5.69. The number of amides is 1. The van der Waals surface area contributed by atoms with Crippen LogP contribution in [0.3, 0.4) is 0 Å². The van der Waals surface area contributed by atoms with E-state index in [9.17, 15) is 4.79 Å². The van der Waals surface area contributed by atoms with E-state index in [0.29, 0.717) is 56.7 Å². The van der Waals surface area contributed by atoms with E-state index in [1.54, 1.807) is 0 Å². The quantitative estimate of drug-likeness (QED) is 0.724. The molecule has 1 aliphatic carbocycles. The fraction of sp³-hybridized carbons (Fsp3) is 0.611. The molecule has 1 aliphatic heterocycles. The van der Waals surface area contributed by atoms with E-state index >= 15 is 0 Å². The summed E-state index contributed by atoms with van der Waals surface area (Å²) in [4.78, 5) is 14.6. The molecule has 1 aromatic carbocycles. The maximum absolute atomic E-state index is 12.7. The second-order valence-corrected chi connectivity index (χ2v) is 6.07. The lowest BCUT2D eigenvalue weighted by molar-refractivity contribution is -0.0313. The van der Waals surface area contributed by atoms with Crippen LogP contribution in [0, 0.1) is 5.92 Å². The average molecular weight is 319 g/mol. The highest BCUT2D eigenvalue weighted by atomic mass is 16.5. The molecule has 0 bridgehead atoms. The molecule has 2 fully saturated rings. The third-order valence-electron chi connectivity index (χ3n) is 4.31. The summed E-state index contributed by atoms with van der Waals surface area (Å²) in [7, 11) is 0. The molecule has 0 aromatic heterocycles. The monoisotopic (exact) mass is 319 g/mol. The van der Waals surface area contributed by atoms with Gasteiger partial charge in [-0.05, 0) is 43.9 Å². The van der Waals surface area contributed by atoms with Crippen molar-refractivity contribution in [3.63, 3.8) is 0 Å². The molecule has 1 saturated carbocycles. The Hall–Kier alpha value is -1.59. The summed E-state index contributed by atoms with van der Waals surface area (Å²) in [6.07, 6.45) is 2.68. The minimum Gasteiger partial charge on any atom is -0.491 e. The molecular formula is C18H25NO4. The Labute approximate surface area is 137 Å². The molecule has 0 N–H and O–H groups in total. The van der Waals surface area contributed by atoms with Gasteiger partial charge in [0, 0.05) is 25.3 Å². The van der Waals surface area contributed by atoms with Crippen LogP contribution in [0.25, 0.3) is 0 Å². The predicted molar refractivity (Wildman–Crippen MR) is 86.8 cm³/mol. The van der Waals surface area contributed by atoms with Crippen molar-refractivity contribution in [2.75, 3.05) is 39.5 Å². The minimum absolute atomic E-state index is 0.0641. The zero-order chi connectivity index (χ0) is 16.1. The van der Waals surface area contributed by atoms with Crippen molar-refractivity contribution >= 4 is 5.91 Å². The van der Waals surface area contributed by atoms with Crippen LogP contribution in [-0.4, -0.2) is 56.4 Å². The Kier molecular flexibility index (Phi) is 5.51. The number of ether oxygens (including phenoxy) is 3. The maximum atomic E-state index is 12.7. The topological polar surface area (TPSA) is 48.0 Å². The van der Waals surface area contributed by atoms with Crippen LogP contribution in [0.5, 0.6) is 5.75 Å². The largest absolute Gasteiger partial charge is 0.491 e. The van der Waals surface area contributed by atoms with Gasteiger partial charge in [0.25, 0.3) is 5.91 Å². The third-order valence-corrected chi connectivity index (χ3v) is 4.31. The van der Waals surface area contributed by atoms with E-state index in [2.05, 4.69) is 0 Å². The maximum Gasteiger partial charge on any atom is 0.254 e. The van der Waals surface area contributed by atoms with E-state index in [1.165, 1.54) is 12.8 Å². The molecule has 23 heavy (non-hydrogen) atoms. The van der Waals surface area contributed by atoms with Crippen molar-refractivity contribution in [2.24, 2.45) is 5.92 Å². The Morgan fingerprint density at radius 3 is 3.00 bits per heavy atom. The van der Waals surface area contributed by atoms with Gasteiger partial charge in [0.15, 0.2) is 0 Å². The van der Waals surface area contributed by atoms with E-state index in [-0.39, 0.29) is 12.0 Å². The minimum atomic E-state index is 0.0641. The number of rotatable bonds is 7. The lowest BCUT2D eigenvalue weighted by Crippen LogP contribution is -2.46. The summed E-state index contributed by atoms with van der Waals surface area (Å²) < 4.78 is 16.7. The Balaban J connectivity index is 1.57. The van der Waals surface area contributed by atoms with Crippen molar-refractivity contribution in [3.05, 3.63) is 29.8 Å². The number of morpholine rings is 1. The SMILES string of the molecule is CCOCCOc1cccc(C(=O)N2CCO[C@H](C3CC3)C2)c1. The molecule has 0 spiro atoms. The number of hydrogen-bond acceptors (Lipinski definition) is 4. The summed E-state index contributed by atoms with van der Waals surface area (Å²) in [6, 6.07) is 7.40. The summed E-state index contributed by atoms with van der Waals surface area (Å²) in [5.41, 5.74) is 0.676. The smallest absolute Gasteiger partial charge is 0.254 e. The lowest BCUT2D eigenvalue weighted by atomic mass is 10.1. The van der Waals surface area contributed by atoms with Gasteiger partial charge in [-0.3, -0.25) is 4.79 Å². The molecule has 3 rings (SSSR count). The van der Waals surface area contributed by atoms with Crippen LogP contribution in [-0.2, 0) is 9.47 Å². The van der Waals surface area contributed by atoms with Crippen LogP contribution in [0.15, 0.2) is 24.3 Å².